The average Bonchev–Trinajstić information content (AvgIpc) is 2.46. The summed E-state index contributed by atoms with van der Waals surface area (Å²) in [7, 11) is 0. The van der Waals surface area contributed by atoms with E-state index < -0.39 is 5.54 Å². The van der Waals surface area contributed by atoms with Gasteiger partial charge in [-0.15, -0.1) is 0 Å². The molecule has 0 saturated heterocycles. The predicted octanol–water partition coefficient (Wildman–Crippen LogP) is 2.57. The van der Waals surface area contributed by atoms with E-state index in [2.05, 4.69) is 24.4 Å². The van der Waals surface area contributed by atoms with Gasteiger partial charge in [-0.2, -0.15) is 0 Å². The van der Waals surface area contributed by atoms with Gasteiger partial charge < -0.3 is 11.1 Å². The van der Waals surface area contributed by atoms with E-state index in [-0.39, 0.29) is 5.91 Å². The lowest BCUT2D eigenvalue weighted by molar-refractivity contribution is -0.127. The summed E-state index contributed by atoms with van der Waals surface area (Å²) in [5, 5.41) is 3.03. The fraction of sp³-hybridized carbons (Fsp3) is 0.562. The molecule has 0 heterocycles. The van der Waals surface area contributed by atoms with E-state index in [0.717, 1.165) is 25.7 Å². The van der Waals surface area contributed by atoms with Crippen molar-refractivity contribution < 1.29 is 4.79 Å². The highest BCUT2D eigenvalue weighted by Crippen LogP contribution is 2.26. The molecule has 1 fully saturated rings. The van der Waals surface area contributed by atoms with Gasteiger partial charge in [-0.25, -0.2) is 0 Å². The van der Waals surface area contributed by atoms with Crippen LogP contribution in [-0.4, -0.2) is 18.0 Å². The van der Waals surface area contributed by atoms with E-state index in [4.69, 9.17) is 5.73 Å². The van der Waals surface area contributed by atoms with Gasteiger partial charge in [-0.05, 0) is 24.3 Å². The van der Waals surface area contributed by atoms with Crippen LogP contribution in [-0.2, 0) is 4.79 Å². The molecule has 1 saturated carbocycles. The van der Waals surface area contributed by atoms with Crippen molar-refractivity contribution in [2.24, 2.45) is 5.73 Å². The molecule has 0 spiro atoms. The molecule has 0 aromatic heterocycles. The maximum atomic E-state index is 12.2. The Morgan fingerprint density at radius 3 is 2.53 bits per heavy atom. The fourth-order valence-electron chi connectivity index (χ4n) is 2.73. The van der Waals surface area contributed by atoms with Crippen molar-refractivity contribution in [3.63, 3.8) is 0 Å². The van der Waals surface area contributed by atoms with E-state index in [9.17, 15) is 4.79 Å². The molecule has 1 unspecified atom stereocenters. The van der Waals surface area contributed by atoms with Crippen LogP contribution in [0.2, 0.25) is 0 Å². The highest BCUT2D eigenvalue weighted by molar-refractivity contribution is 5.86. The Balaban J connectivity index is 1.86. The van der Waals surface area contributed by atoms with Gasteiger partial charge in [0.25, 0.3) is 0 Å². The van der Waals surface area contributed by atoms with Crippen LogP contribution in [0.4, 0.5) is 0 Å². The van der Waals surface area contributed by atoms with Crippen LogP contribution in [0.15, 0.2) is 30.3 Å². The second-order valence-corrected chi connectivity index (χ2v) is 5.74. The molecule has 19 heavy (non-hydrogen) atoms. The van der Waals surface area contributed by atoms with Gasteiger partial charge in [0, 0.05) is 6.54 Å². The minimum absolute atomic E-state index is 0.0231. The monoisotopic (exact) mass is 260 g/mol. The van der Waals surface area contributed by atoms with Crippen LogP contribution in [0.3, 0.4) is 0 Å². The molecule has 1 aliphatic carbocycles. The molecular weight excluding hydrogens is 236 g/mol. The first-order chi connectivity index (χ1) is 9.12. The zero-order valence-corrected chi connectivity index (χ0v) is 11.7. The summed E-state index contributed by atoms with van der Waals surface area (Å²) in [6, 6.07) is 10.2. The van der Waals surface area contributed by atoms with Crippen molar-refractivity contribution in [1.82, 2.24) is 5.32 Å². The maximum Gasteiger partial charge on any atom is 0.240 e. The van der Waals surface area contributed by atoms with Crippen LogP contribution in [0, 0.1) is 0 Å². The summed E-state index contributed by atoms with van der Waals surface area (Å²) in [6.07, 6.45) is 4.97. The number of benzene rings is 1. The number of nitrogens with two attached hydrogens (primary N) is 1. The first kappa shape index (κ1) is 14.1. The van der Waals surface area contributed by atoms with E-state index in [1.54, 1.807) is 0 Å². The molecule has 3 heteroatoms. The van der Waals surface area contributed by atoms with Gasteiger partial charge in [-0.1, -0.05) is 56.5 Å². The van der Waals surface area contributed by atoms with Crippen molar-refractivity contribution in [2.45, 2.75) is 50.5 Å². The Morgan fingerprint density at radius 2 is 1.89 bits per heavy atom. The Bertz CT molecular complexity index is 410. The SMILES string of the molecule is CC(CNC(=O)C1(N)CCCCC1)c1ccccc1. The third-order valence-electron chi connectivity index (χ3n) is 4.14. The molecule has 1 aromatic carbocycles. The van der Waals surface area contributed by atoms with Crippen molar-refractivity contribution in [3.05, 3.63) is 35.9 Å². The summed E-state index contributed by atoms with van der Waals surface area (Å²) in [5.41, 5.74) is 6.83. The number of amides is 1. The number of rotatable bonds is 4. The van der Waals surface area contributed by atoms with E-state index in [0.29, 0.717) is 12.5 Å². The summed E-state index contributed by atoms with van der Waals surface area (Å²) in [4.78, 5) is 12.2. The maximum absolute atomic E-state index is 12.2. The molecule has 1 amide bonds. The van der Waals surface area contributed by atoms with E-state index in [1.807, 2.05) is 18.2 Å². The molecule has 1 atom stereocenters. The standard InChI is InChI=1S/C16H24N2O/c1-13(14-8-4-2-5-9-14)12-18-15(19)16(17)10-6-3-7-11-16/h2,4-5,8-9,13H,3,6-7,10-12,17H2,1H3,(H,18,19). The first-order valence-electron chi connectivity index (χ1n) is 7.24. The van der Waals surface area contributed by atoms with Crippen LogP contribution in [0.25, 0.3) is 0 Å². The van der Waals surface area contributed by atoms with Crippen molar-refractivity contribution in [1.29, 1.82) is 0 Å². The zero-order valence-electron chi connectivity index (χ0n) is 11.7. The molecule has 104 valence electrons. The van der Waals surface area contributed by atoms with Gasteiger partial charge in [0.05, 0.1) is 5.54 Å². The Labute approximate surface area is 115 Å². The number of carbonyl (C=O) groups excluding carboxylic acids is 1. The second kappa shape index (κ2) is 6.20. The number of nitrogens with one attached hydrogen (secondary N) is 1. The molecule has 2 rings (SSSR count). The van der Waals surface area contributed by atoms with Gasteiger partial charge in [0.2, 0.25) is 5.91 Å². The lowest BCUT2D eigenvalue weighted by Crippen LogP contribution is -2.55. The Morgan fingerprint density at radius 1 is 1.26 bits per heavy atom. The molecular formula is C16H24N2O. The first-order valence-corrected chi connectivity index (χ1v) is 7.24. The third-order valence-corrected chi connectivity index (χ3v) is 4.14. The van der Waals surface area contributed by atoms with Crippen molar-refractivity contribution >= 4 is 5.91 Å². The Hall–Kier alpha value is -1.35. The molecule has 1 aromatic rings. The van der Waals surface area contributed by atoms with Crippen LogP contribution < -0.4 is 11.1 Å². The average molecular weight is 260 g/mol. The zero-order chi connectivity index (χ0) is 13.7. The van der Waals surface area contributed by atoms with Crippen LogP contribution in [0.1, 0.15) is 50.5 Å². The van der Waals surface area contributed by atoms with Gasteiger partial charge in [0.15, 0.2) is 0 Å². The molecule has 1 aliphatic rings. The topological polar surface area (TPSA) is 55.1 Å². The normalized spacial score (nSPS) is 19.7. The summed E-state index contributed by atoms with van der Waals surface area (Å²) < 4.78 is 0. The predicted molar refractivity (Wildman–Crippen MR) is 77.9 cm³/mol. The van der Waals surface area contributed by atoms with E-state index >= 15 is 0 Å². The quantitative estimate of drug-likeness (QED) is 0.874. The van der Waals surface area contributed by atoms with Gasteiger partial charge in [-0.3, -0.25) is 4.79 Å². The largest absolute Gasteiger partial charge is 0.354 e. The second-order valence-electron chi connectivity index (χ2n) is 5.74. The third kappa shape index (κ3) is 3.57. The lowest BCUT2D eigenvalue weighted by atomic mass is 9.82. The van der Waals surface area contributed by atoms with E-state index in [1.165, 1.54) is 12.0 Å². The number of carbonyl (C=O) groups is 1. The minimum Gasteiger partial charge on any atom is -0.354 e. The molecule has 3 nitrogen and oxygen atoms in total. The summed E-state index contributed by atoms with van der Waals surface area (Å²) >= 11 is 0. The highest BCUT2D eigenvalue weighted by Gasteiger charge is 2.35. The minimum atomic E-state index is -0.630. The molecule has 0 bridgehead atoms. The van der Waals surface area contributed by atoms with Crippen molar-refractivity contribution in [3.8, 4) is 0 Å². The fourth-order valence-corrected chi connectivity index (χ4v) is 2.73. The number of hydrogen-bond donors (Lipinski definition) is 2. The van der Waals surface area contributed by atoms with Crippen LogP contribution >= 0.6 is 0 Å². The lowest BCUT2D eigenvalue weighted by Gasteiger charge is -2.32. The van der Waals surface area contributed by atoms with Crippen LogP contribution in [0.5, 0.6) is 0 Å². The van der Waals surface area contributed by atoms with Gasteiger partial charge in [0.1, 0.15) is 0 Å². The summed E-state index contributed by atoms with van der Waals surface area (Å²) in [5.74, 6) is 0.340. The van der Waals surface area contributed by atoms with Crippen molar-refractivity contribution in [2.75, 3.05) is 6.54 Å². The Kier molecular flexibility index (Phi) is 4.59. The highest BCUT2D eigenvalue weighted by atomic mass is 16.2. The van der Waals surface area contributed by atoms with Gasteiger partial charge >= 0.3 is 0 Å². The number of hydrogen-bond acceptors (Lipinski definition) is 2. The molecule has 0 aliphatic heterocycles. The smallest absolute Gasteiger partial charge is 0.240 e. The molecule has 3 N–H and O–H groups in total. The molecule has 0 radical (unpaired) electrons. The summed E-state index contributed by atoms with van der Waals surface area (Å²) in [6.45, 7) is 2.78.